The van der Waals surface area contributed by atoms with E-state index in [1.807, 2.05) is 0 Å². The van der Waals surface area contributed by atoms with E-state index in [0.717, 1.165) is 0 Å². The van der Waals surface area contributed by atoms with Crippen molar-refractivity contribution in [1.29, 1.82) is 0 Å². The highest BCUT2D eigenvalue weighted by Gasteiger charge is 2.30. The Hall–Kier alpha value is -1.31. The van der Waals surface area contributed by atoms with Crippen LogP contribution >= 0.6 is 0 Å². The molecule has 0 aromatic carbocycles. The number of carbonyl (C=O) groups is 1. The largest absolute Gasteiger partial charge is 0.468 e. The van der Waals surface area contributed by atoms with Crippen LogP contribution in [-0.4, -0.2) is 28.1 Å². The maximum Gasteiger partial charge on any atom is 0.405 e. The lowest BCUT2D eigenvalue weighted by Gasteiger charge is -2.13. The number of aryl methyl sites for hydroxylation is 1. The third kappa shape index (κ3) is 3.86. The van der Waals surface area contributed by atoms with Gasteiger partial charge in [-0.25, -0.2) is 0 Å². The number of halogens is 3. The van der Waals surface area contributed by atoms with E-state index >= 15 is 0 Å². The lowest BCUT2D eigenvalue weighted by Crippen LogP contribution is -2.40. The Labute approximate surface area is 104 Å². The SMILES string of the molecule is Cc1occc1[S@@](=O)[C@H](C)C(=O)NCC(F)(F)F. The number of rotatable bonds is 4. The zero-order chi connectivity index (χ0) is 13.9. The lowest BCUT2D eigenvalue weighted by molar-refractivity contribution is -0.137. The normalized spacial score (nSPS) is 15.2. The van der Waals surface area contributed by atoms with Crippen LogP contribution in [0.3, 0.4) is 0 Å². The van der Waals surface area contributed by atoms with Gasteiger partial charge < -0.3 is 9.73 Å². The minimum absolute atomic E-state index is 0.310. The van der Waals surface area contributed by atoms with Gasteiger partial charge in [-0.2, -0.15) is 13.2 Å². The van der Waals surface area contributed by atoms with Gasteiger partial charge in [0.25, 0.3) is 0 Å². The van der Waals surface area contributed by atoms with E-state index in [1.165, 1.54) is 19.3 Å². The molecule has 0 saturated heterocycles. The van der Waals surface area contributed by atoms with Crippen LogP contribution < -0.4 is 5.32 Å². The zero-order valence-electron chi connectivity index (χ0n) is 9.71. The number of nitrogens with one attached hydrogen (secondary N) is 1. The highest BCUT2D eigenvalue weighted by Crippen LogP contribution is 2.18. The van der Waals surface area contributed by atoms with Crippen LogP contribution in [0.25, 0.3) is 0 Å². The molecule has 8 heteroatoms. The van der Waals surface area contributed by atoms with Gasteiger partial charge >= 0.3 is 6.18 Å². The Morgan fingerprint density at radius 3 is 2.61 bits per heavy atom. The van der Waals surface area contributed by atoms with Gasteiger partial charge in [0.1, 0.15) is 17.6 Å². The number of carbonyl (C=O) groups excluding carboxylic acids is 1. The molecule has 2 atom stereocenters. The molecule has 4 nitrogen and oxygen atoms in total. The summed E-state index contributed by atoms with van der Waals surface area (Å²) in [6.07, 6.45) is -3.18. The fourth-order valence-corrected chi connectivity index (χ4v) is 2.38. The maximum atomic E-state index is 11.9. The van der Waals surface area contributed by atoms with Crippen molar-refractivity contribution in [3.63, 3.8) is 0 Å². The van der Waals surface area contributed by atoms with Gasteiger partial charge in [0.05, 0.1) is 22.0 Å². The molecule has 1 aromatic rings. The average Bonchev–Trinajstić information content (AvgIpc) is 2.69. The summed E-state index contributed by atoms with van der Waals surface area (Å²) in [4.78, 5) is 11.7. The topological polar surface area (TPSA) is 59.3 Å². The molecule has 0 bridgehead atoms. The number of amides is 1. The van der Waals surface area contributed by atoms with E-state index in [-0.39, 0.29) is 0 Å². The number of hydrogen-bond acceptors (Lipinski definition) is 3. The van der Waals surface area contributed by atoms with Crippen LogP contribution in [0.5, 0.6) is 0 Å². The summed E-state index contributed by atoms with van der Waals surface area (Å²) >= 11 is 0. The Bertz CT molecular complexity index is 455. The van der Waals surface area contributed by atoms with E-state index < -0.39 is 34.7 Å². The van der Waals surface area contributed by atoms with E-state index in [4.69, 9.17) is 4.42 Å². The molecule has 1 amide bonds. The summed E-state index contributed by atoms with van der Waals surface area (Å²) in [7, 11) is -1.74. The summed E-state index contributed by atoms with van der Waals surface area (Å²) in [5.41, 5.74) is 0. The monoisotopic (exact) mass is 283 g/mol. The molecule has 0 radical (unpaired) electrons. The molecule has 0 aliphatic carbocycles. The minimum Gasteiger partial charge on any atom is -0.468 e. The second-order valence-electron chi connectivity index (χ2n) is 3.61. The number of alkyl halides is 3. The van der Waals surface area contributed by atoms with Crippen molar-refractivity contribution in [1.82, 2.24) is 5.32 Å². The molecule has 1 aromatic heterocycles. The second kappa shape index (κ2) is 5.55. The standard InChI is InChI=1S/C10H12F3NO3S/c1-6-8(3-4-17-6)18(16)7(2)9(15)14-5-10(11,12)13/h3-4,7H,5H2,1-2H3,(H,14,15)/t7-,18+/m1/s1. The van der Waals surface area contributed by atoms with Crippen LogP contribution in [0.15, 0.2) is 21.6 Å². The maximum absolute atomic E-state index is 11.9. The van der Waals surface area contributed by atoms with Gasteiger partial charge in [-0.1, -0.05) is 0 Å². The quantitative estimate of drug-likeness (QED) is 0.916. The Kier molecular flexibility index (Phi) is 4.55. The van der Waals surface area contributed by atoms with Crippen molar-refractivity contribution in [2.75, 3.05) is 6.54 Å². The minimum atomic E-state index is -4.48. The predicted molar refractivity (Wildman–Crippen MR) is 58.4 cm³/mol. The zero-order valence-corrected chi connectivity index (χ0v) is 10.5. The van der Waals surface area contributed by atoms with Gasteiger partial charge in [-0.15, -0.1) is 0 Å². The molecule has 1 N–H and O–H groups in total. The highest BCUT2D eigenvalue weighted by atomic mass is 32.2. The summed E-state index contributed by atoms with van der Waals surface area (Å²) in [5.74, 6) is -0.532. The van der Waals surface area contributed by atoms with Crippen LogP contribution in [0.4, 0.5) is 13.2 Å². The molecule has 0 aliphatic heterocycles. The molecule has 0 unspecified atom stereocenters. The molecule has 1 rings (SSSR count). The average molecular weight is 283 g/mol. The summed E-state index contributed by atoms with van der Waals surface area (Å²) < 4.78 is 52.6. The summed E-state index contributed by atoms with van der Waals surface area (Å²) in [5, 5.41) is 0.617. The molecule has 0 aliphatic rings. The van der Waals surface area contributed by atoms with Crippen LogP contribution in [0.1, 0.15) is 12.7 Å². The Morgan fingerprint density at radius 2 is 2.17 bits per heavy atom. The van der Waals surface area contributed by atoms with E-state index in [9.17, 15) is 22.2 Å². The van der Waals surface area contributed by atoms with E-state index in [2.05, 4.69) is 0 Å². The first-order valence-electron chi connectivity index (χ1n) is 5.01. The Balaban J connectivity index is 2.65. The predicted octanol–water partition coefficient (Wildman–Crippen LogP) is 1.76. The van der Waals surface area contributed by atoms with Crippen LogP contribution in [0, 0.1) is 6.92 Å². The molecule has 1 heterocycles. The lowest BCUT2D eigenvalue weighted by atomic mass is 10.4. The molecule has 102 valence electrons. The number of furan rings is 1. The molecule has 18 heavy (non-hydrogen) atoms. The first-order chi connectivity index (χ1) is 8.22. The van der Waals surface area contributed by atoms with Gasteiger partial charge in [-0.3, -0.25) is 9.00 Å². The summed E-state index contributed by atoms with van der Waals surface area (Å²) in [6.45, 7) is 1.43. The molecule has 0 spiro atoms. The van der Waals surface area contributed by atoms with Gasteiger partial charge in [-0.05, 0) is 19.9 Å². The van der Waals surface area contributed by atoms with E-state index in [0.29, 0.717) is 10.7 Å². The fraction of sp³-hybridized carbons (Fsp3) is 0.500. The van der Waals surface area contributed by atoms with Crippen molar-refractivity contribution in [2.24, 2.45) is 0 Å². The molecule has 0 fully saturated rings. The van der Waals surface area contributed by atoms with E-state index in [1.54, 1.807) is 12.2 Å². The molecule has 0 saturated carbocycles. The Morgan fingerprint density at radius 1 is 1.56 bits per heavy atom. The smallest absolute Gasteiger partial charge is 0.405 e. The fourth-order valence-electron chi connectivity index (χ4n) is 1.20. The van der Waals surface area contributed by atoms with Crippen molar-refractivity contribution >= 4 is 16.7 Å². The van der Waals surface area contributed by atoms with Crippen molar-refractivity contribution < 1.29 is 26.6 Å². The van der Waals surface area contributed by atoms with Crippen molar-refractivity contribution in [3.8, 4) is 0 Å². The summed E-state index contributed by atoms with van der Waals surface area (Å²) in [6, 6.07) is 1.43. The van der Waals surface area contributed by atoms with Gasteiger partial charge in [0.2, 0.25) is 5.91 Å². The third-order valence-electron chi connectivity index (χ3n) is 2.18. The van der Waals surface area contributed by atoms with Crippen molar-refractivity contribution in [2.45, 2.75) is 30.2 Å². The van der Waals surface area contributed by atoms with Crippen LogP contribution in [-0.2, 0) is 15.6 Å². The van der Waals surface area contributed by atoms with Crippen LogP contribution in [0.2, 0.25) is 0 Å². The van der Waals surface area contributed by atoms with Gasteiger partial charge in [0.15, 0.2) is 0 Å². The third-order valence-corrected chi connectivity index (χ3v) is 3.89. The molecular weight excluding hydrogens is 271 g/mol. The van der Waals surface area contributed by atoms with Crippen molar-refractivity contribution in [3.05, 3.63) is 18.1 Å². The number of hydrogen-bond donors (Lipinski definition) is 1. The first kappa shape index (κ1) is 14.7. The van der Waals surface area contributed by atoms with Gasteiger partial charge in [0, 0.05) is 0 Å². The first-order valence-corrected chi connectivity index (χ1v) is 6.23. The highest BCUT2D eigenvalue weighted by molar-refractivity contribution is 7.86. The molecular formula is C10H12F3NO3S. The second-order valence-corrected chi connectivity index (χ2v) is 5.36.